The number of carbonyl (C=O) groups is 2. The Kier molecular flexibility index (Phi) is 5.57. The van der Waals surface area contributed by atoms with Gasteiger partial charge in [0, 0.05) is 39.4 Å². The summed E-state index contributed by atoms with van der Waals surface area (Å²) in [4.78, 5) is 28.0. The van der Waals surface area contributed by atoms with E-state index in [9.17, 15) is 9.59 Å². The first kappa shape index (κ1) is 17.2. The summed E-state index contributed by atoms with van der Waals surface area (Å²) in [6, 6.07) is 5.55. The summed E-state index contributed by atoms with van der Waals surface area (Å²) in [5.74, 6) is -0.210. The first-order valence-electron chi connectivity index (χ1n) is 7.33. The van der Waals surface area contributed by atoms with Gasteiger partial charge in [-0.3, -0.25) is 9.59 Å². The number of nitrogens with one attached hydrogen (secondary N) is 1. The van der Waals surface area contributed by atoms with Crippen LogP contribution in [0.5, 0.6) is 0 Å². The van der Waals surface area contributed by atoms with Gasteiger partial charge >= 0.3 is 0 Å². The van der Waals surface area contributed by atoms with Gasteiger partial charge in [-0.05, 0) is 12.1 Å². The number of likely N-dealkylation sites (N-methyl/N-ethyl adjacent to an activating group) is 1. The van der Waals surface area contributed by atoms with Gasteiger partial charge in [-0.1, -0.05) is 6.07 Å². The Bertz CT molecular complexity index is 696. The molecule has 0 atom stereocenters. The summed E-state index contributed by atoms with van der Waals surface area (Å²) < 4.78 is 1.65. The van der Waals surface area contributed by atoms with E-state index in [-0.39, 0.29) is 30.8 Å². The summed E-state index contributed by atoms with van der Waals surface area (Å²) in [7, 11) is 1.65. The smallest absolute Gasteiger partial charge is 0.257 e. The highest BCUT2D eigenvalue weighted by Crippen LogP contribution is 2.12. The molecule has 0 saturated carbocycles. The van der Waals surface area contributed by atoms with Crippen LogP contribution < -0.4 is 5.32 Å². The molecule has 8 heteroatoms. The Morgan fingerprint density at radius 2 is 2.04 bits per heavy atom. The van der Waals surface area contributed by atoms with Gasteiger partial charge in [0.25, 0.3) is 5.91 Å². The summed E-state index contributed by atoms with van der Waals surface area (Å²) >= 11 is 0. The molecule has 1 N–H and O–H groups in total. The quantitative estimate of drug-likeness (QED) is 0.872. The van der Waals surface area contributed by atoms with E-state index in [1.807, 2.05) is 18.2 Å². The van der Waals surface area contributed by atoms with Crippen LogP contribution in [0.4, 0.5) is 0 Å². The van der Waals surface area contributed by atoms with Gasteiger partial charge in [-0.15, -0.1) is 12.4 Å². The van der Waals surface area contributed by atoms with E-state index in [4.69, 9.17) is 0 Å². The van der Waals surface area contributed by atoms with Gasteiger partial charge in [0.2, 0.25) is 5.91 Å². The maximum absolute atomic E-state index is 12.5. The zero-order valence-corrected chi connectivity index (χ0v) is 13.8. The molecule has 3 rings (SSSR count). The third-order valence-corrected chi connectivity index (χ3v) is 3.85. The number of halogens is 1. The predicted octanol–water partition coefficient (Wildman–Crippen LogP) is 0.260. The number of hydrogen-bond donors (Lipinski definition) is 1. The molecule has 2 aromatic rings. The van der Waals surface area contributed by atoms with Crippen LogP contribution in [0.1, 0.15) is 10.4 Å². The highest BCUT2D eigenvalue weighted by molar-refractivity contribution is 6.01. The van der Waals surface area contributed by atoms with Gasteiger partial charge < -0.3 is 15.1 Å². The standard InChI is InChI=1S/C15H19N5O2.ClH/c1-18(11-14(21)19-8-5-16-6-9-19)15(22)12-10-17-20-7-3-2-4-13(12)20;/h2-4,7,10,16H,5-6,8-9,11H2,1H3;1H. The van der Waals surface area contributed by atoms with Gasteiger partial charge in [-0.2, -0.15) is 5.10 Å². The second kappa shape index (κ2) is 7.43. The molecule has 0 radical (unpaired) electrons. The van der Waals surface area contributed by atoms with Crippen LogP contribution in [-0.2, 0) is 4.79 Å². The number of rotatable bonds is 3. The lowest BCUT2D eigenvalue weighted by Crippen LogP contribution is -2.49. The minimum absolute atomic E-state index is 0. The van der Waals surface area contributed by atoms with Crippen LogP contribution in [0.15, 0.2) is 30.6 Å². The fourth-order valence-electron chi connectivity index (χ4n) is 2.59. The predicted molar refractivity (Wildman–Crippen MR) is 88.9 cm³/mol. The van der Waals surface area contributed by atoms with Gasteiger partial charge in [-0.25, -0.2) is 4.52 Å². The van der Waals surface area contributed by atoms with E-state index in [1.165, 1.54) is 4.90 Å². The van der Waals surface area contributed by atoms with Crippen LogP contribution in [0.3, 0.4) is 0 Å². The van der Waals surface area contributed by atoms with Crippen molar-refractivity contribution in [2.75, 3.05) is 39.8 Å². The molecule has 2 aromatic heterocycles. The number of carbonyl (C=O) groups excluding carboxylic acids is 2. The number of aromatic nitrogens is 2. The number of amides is 2. The second-order valence-electron chi connectivity index (χ2n) is 5.38. The molecule has 0 spiro atoms. The van der Waals surface area contributed by atoms with Crippen LogP contribution in [-0.4, -0.2) is 71.0 Å². The number of fused-ring (bicyclic) bond motifs is 1. The summed E-state index contributed by atoms with van der Waals surface area (Å²) in [5.41, 5.74) is 1.25. The SMILES string of the molecule is CN(CC(=O)N1CCNCC1)C(=O)c1cnn2ccccc12.Cl. The molecule has 0 unspecified atom stereocenters. The molecule has 0 bridgehead atoms. The van der Waals surface area contributed by atoms with E-state index in [0.717, 1.165) is 18.6 Å². The highest BCUT2D eigenvalue weighted by atomic mass is 35.5. The van der Waals surface area contributed by atoms with E-state index < -0.39 is 0 Å². The van der Waals surface area contributed by atoms with Gasteiger partial charge in [0.1, 0.15) is 0 Å². The largest absolute Gasteiger partial charge is 0.339 e. The van der Waals surface area contributed by atoms with Crippen molar-refractivity contribution in [1.82, 2.24) is 24.7 Å². The molecule has 1 aliphatic heterocycles. The zero-order valence-electron chi connectivity index (χ0n) is 12.9. The molecular formula is C15H20ClN5O2. The molecule has 0 aromatic carbocycles. The lowest BCUT2D eigenvalue weighted by molar-refractivity contribution is -0.132. The van der Waals surface area contributed by atoms with E-state index in [0.29, 0.717) is 18.7 Å². The van der Waals surface area contributed by atoms with Crippen molar-refractivity contribution in [3.8, 4) is 0 Å². The molecule has 3 heterocycles. The van der Waals surface area contributed by atoms with Crippen LogP contribution in [0, 0.1) is 0 Å². The van der Waals surface area contributed by atoms with Crippen molar-refractivity contribution in [3.63, 3.8) is 0 Å². The third-order valence-electron chi connectivity index (χ3n) is 3.85. The van der Waals surface area contributed by atoms with E-state index in [1.54, 1.807) is 28.9 Å². The maximum Gasteiger partial charge on any atom is 0.257 e. The molecule has 1 fully saturated rings. The highest BCUT2D eigenvalue weighted by Gasteiger charge is 2.22. The average Bonchev–Trinajstić information content (AvgIpc) is 2.99. The van der Waals surface area contributed by atoms with Crippen molar-refractivity contribution in [2.24, 2.45) is 0 Å². The zero-order chi connectivity index (χ0) is 15.5. The van der Waals surface area contributed by atoms with Crippen molar-refractivity contribution in [1.29, 1.82) is 0 Å². The number of piperazine rings is 1. The van der Waals surface area contributed by atoms with Crippen LogP contribution >= 0.6 is 12.4 Å². The lowest BCUT2D eigenvalue weighted by Gasteiger charge is -2.29. The molecule has 124 valence electrons. The maximum atomic E-state index is 12.5. The van der Waals surface area contributed by atoms with Crippen molar-refractivity contribution >= 4 is 29.7 Å². The molecule has 1 saturated heterocycles. The molecule has 0 aliphatic carbocycles. The number of hydrogen-bond acceptors (Lipinski definition) is 4. The fourth-order valence-corrected chi connectivity index (χ4v) is 2.59. The molecule has 1 aliphatic rings. The minimum atomic E-state index is -0.190. The summed E-state index contributed by atoms with van der Waals surface area (Å²) in [5, 5.41) is 7.36. The Morgan fingerprint density at radius 3 is 2.78 bits per heavy atom. The molecule has 23 heavy (non-hydrogen) atoms. The molecule has 2 amide bonds. The Balaban J connectivity index is 0.00000192. The first-order valence-corrected chi connectivity index (χ1v) is 7.33. The molecular weight excluding hydrogens is 318 g/mol. The molecule has 7 nitrogen and oxygen atoms in total. The summed E-state index contributed by atoms with van der Waals surface area (Å²) in [6.45, 7) is 3.08. The minimum Gasteiger partial charge on any atom is -0.339 e. The van der Waals surface area contributed by atoms with Crippen LogP contribution in [0.2, 0.25) is 0 Å². The first-order chi connectivity index (χ1) is 10.7. The second-order valence-corrected chi connectivity index (χ2v) is 5.38. The van der Waals surface area contributed by atoms with E-state index in [2.05, 4.69) is 10.4 Å². The fraction of sp³-hybridized carbons (Fsp3) is 0.400. The normalized spacial score (nSPS) is 14.4. The van der Waals surface area contributed by atoms with E-state index >= 15 is 0 Å². The lowest BCUT2D eigenvalue weighted by atomic mass is 10.2. The van der Waals surface area contributed by atoms with Crippen molar-refractivity contribution in [2.45, 2.75) is 0 Å². The van der Waals surface area contributed by atoms with Crippen LogP contribution in [0.25, 0.3) is 5.52 Å². The number of pyridine rings is 1. The third kappa shape index (κ3) is 3.62. The number of nitrogens with zero attached hydrogens (tertiary/aromatic N) is 4. The Labute approximate surface area is 140 Å². The summed E-state index contributed by atoms with van der Waals surface area (Å²) in [6.07, 6.45) is 3.33. The van der Waals surface area contributed by atoms with Crippen molar-refractivity contribution < 1.29 is 9.59 Å². The Morgan fingerprint density at radius 1 is 1.30 bits per heavy atom. The topological polar surface area (TPSA) is 70.0 Å². The Hall–Kier alpha value is -2.12. The average molecular weight is 338 g/mol. The van der Waals surface area contributed by atoms with Crippen molar-refractivity contribution in [3.05, 3.63) is 36.2 Å². The van der Waals surface area contributed by atoms with Gasteiger partial charge in [0.15, 0.2) is 0 Å². The monoisotopic (exact) mass is 337 g/mol. The van der Waals surface area contributed by atoms with Gasteiger partial charge in [0.05, 0.1) is 23.8 Å².